The summed E-state index contributed by atoms with van der Waals surface area (Å²) in [6.07, 6.45) is 0.195. The van der Waals surface area contributed by atoms with Crippen LogP contribution < -0.4 is 9.62 Å². The van der Waals surface area contributed by atoms with Crippen LogP contribution in [0.2, 0.25) is 0 Å². The first kappa shape index (κ1) is 21.8. The Labute approximate surface area is 205 Å². The van der Waals surface area contributed by atoms with E-state index in [1.54, 1.807) is 17.0 Å². The molecule has 0 fully saturated rings. The number of hydrogen-bond donors (Lipinski definition) is 1. The molecule has 3 heterocycles. The number of nitrogens with one attached hydrogen (secondary N) is 1. The summed E-state index contributed by atoms with van der Waals surface area (Å²) in [7, 11) is -4.07. The molecule has 1 aliphatic rings. The SMILES string of the molecule is O=C(C(Cc1ccccc1)NS(=O)(=O)c1cccc2nsnc12)N1CCn2c1nc1ccccc12. The largest absolute Gasteiger partial charge is 0.308 e. The molecule has 1 N–H and O–H groups in total. The van der Waals surface area contributed by atoms with Gasteiger partial charge in [-0.15, -0.1) is 0 Å². The third-order valence-electron chi connectivity index (χ3n) is 6.11. The molecule has 6 rings (SSSR count). The summed E-state index contributed by atoms with van der Waals surface area (Å²) in [4.78, 5) is 20.1. The van der Waals surface area contributed by atoms with Gasteiger partial charge < -0.3 is 4.57 Å². The molecule has 176 valence electrons. The molecule has 3 aromatic carbocycles. The van der Waals surface area contributed by atoms with Crippen LogP contribution in [0.5, 0.6) is 0 Å². The highest BCUT2D eigenvalue weighted by molar-refractivity contribution is 7.89. The van der Waals surface area contributed by atoms with Gasteiger partial charge in [0, 0.05) is 13.1 Å². The van der Waals surface area contributed by atoms with Crippen LogP contribution in [-0.2, 0) is 27.8 Å². The molecule has 1 aliphatic heterocycles. The van der Waals surface area contributed by atoms with Gasteiger partial charge in [0.25, 0.3) is 0 Å². The first-order chi connectivity index (χ1) is 17.0. The fourth-order valence-electron chi connectivity index (χ4n) is 4.46. The highest BCUT2D eigenvalue weighted by atomic mass is 32.2. The number of carbonyl (C=O) groups excluding carboxylic acids is 1. The van der Waals surface area contributed by atoms with Gasteiger partial charge in [-0.2, -0.15) is 13.5 Å². The van der Waals surface area contributed by atoms with Crippen molar-refractivity contribution in [3.8, 4) is 0 Å². The van der Waals surface area contributed by atoms with Gasteiger partial charge in [-0.05, 0) is 36.2 Å². The Morgan fingerprint density at radius 3 is 2.57 bits per heavy atom. The molecule has 9 nitrogen and oxygen atoms in total. The molecule has 1 amide bonds. The standard InChI is InChI=1S/C24H20N6O3S2/c31-23(30-14-13-29-20-11-5-4-9-17(20)25-24(29)30)19(15-16-7-2-1-3-8-16)28-35(32,33)21-12-6-10-18-22(21)27-34-26-18/h1-12,19,28H,13-15H2. The van der Waals surface area contributed by atoms with Crippen molar-refractivity contribution in [2.75, 3.05) is 11.4 Å². The summed E-state index contributed by atoms with van der Waals surface area (Å²) in [5.41, 5.74) is 3.37. The van der Waals surface area contributed by atoms with Crippen molar-refractivity contribution >= 4 is 55.7 Å². The third kappa shape index (κ3) is 3.87. The van der Waals surface area contributed by atoms with Crippen molar-refractivity contribution in [2.24, 2.45) is 0 Å². The van der Waals surface area contributed by atoms with Crippen LogP contribution in [0.4, 0.5) is 5.95 Å². The quantitative estimate of drug-likeness (QED) is 0.381. The van der Waals surface area contributed by atoms with Crippen molar-refractivity contribution in [1.29, 1.82) is 0 Å². The van der Waals surface area contributed by atoms with Gasteiger partial charge in [-0.1, -0.05) is 48.5 Å². The second kappa shape index (κ2) is 8.52. The van der Waals surface area contributed by atoms with Gasteiger partial charge in [0.15, 0.2) is 0 Å². The van der Waals surface area contributed by atoms with Crippen LogP contribution in [0.15, 0.2) is 77.7 Å². The number of sulfonamides is 1. The monoisotopic (exact) mass is 504 g/mol. The molecular weight excluding hydrogens is 484 g/mol. The Morgan fingerprint density at radius 2 is 1.71 bits per heavy atom. The normalized spacial score (nSPS) is 14.5. The van der Waals surface area contributed by atoms with E-state index < -0.39 is 16.1 Å². The maximum atomic E-state index is 13.8. The average Bonchev–Trinajstić information content (AvgIpc) is 3.58. The van der Waals surface area contributed by atoms with Crippen LogP contribution in [0.25, 0.3) is 22.1 Å². The van der Waals surface area contributed by atoms with Gasteiger partial charge in [0.1, 0.15) is 22.0 Å². The molecule has 0 saturated heterocycles. The molecule has 1 unspecified atom stereocenters. The molecule has 0 spiro atoms. The minimum Gasteiger partial charge on any atom is -0.308 e. The summed E-state index contributed by atoms with van der Waals surface area (Å²) < 4.78 is 39.9. The maximum Gasteiger partial charge on any atom is 0.247 e. The predicted octanol–water partition coefficient (Wildman–Crippen LogP) is 2.98. The van der Waals surface area contributed by atoms with Crippen LogP contribution in [0.3, 0.4) is 0 Å². The van der Waals surface area contributed by atoms with E-state index in [-0.39, 0.29) is 17.2 Å². The van der Waals surface area contributed by atoms with Crippen LogP contribution in [0, 0.1) is 0 Å². The van der Waals surface area contributed by atoms with E-state index in [1.807, 2.05) is 59.2 Å². The number of carbonyl (C=O) groups is 1. The average molecular weight is 505 g/mol. The number of imidazole rings is 1. The lowest BCUT2D eigenvalue weighted by molar-refractivity contribution is -0.120. The summed E-state index contributed by atoms with van der Waals surface area (Å²) >= 11 is 0.947. The lowest BCUT2D eigenvalue weighted by Gasteiger charge is -2.23. The first-order valence-electron chi connectivity index (χ1n) is 11.1. The van der Waals surface area contributed by atoms with Gasteiger partial charge in [-0.3, -0.25) is 9.69 Å². The molecule has 2 aromatic heterocycles. The van der Waals surface area contributed by atoms with Gasteiger partial charge >= 0.3 is 0 Å². The number of fused-ring (bicyclic) bond motifs is 4. The molecule has 11 heteroatoms. The second-order valence-corrected chi connectivity index (χ2v) is 10.5. The van der Waals surface area contributed by atoms with Crippen molar-refractivity contribution in [3.63, 3.8) is 0 Å². The highest BCUT2D eigenvalue weighted by Gasteiger charge is 2.35. The topological polar surface area (TPSA) is 110 Å². The van der Waals surface area contributed by atoms with E-state index in [4.69, 9.17) is 0 Å². The summed E-state index contributed by atoms with van der Waals surface area (Å²) in [6, 6.07) is 20.8. The lowest BCUT2D eigenvalue weighted by Crippen LogP contribution is -2.49. The van der Waals surface area contributed by atoms with E-state index in [2.05, 4.69) is 18.5 Å². The van der Waals surface area contributed by atoms with Gasteiger partial charge in [0.05, 0.1) is 22.8 Å². The van der Waals surface area contributed by atoms with Gasteiger partial charge in [0.2, 0.25) is 21.9 Å². The van der Waals surface area contributed by atoms with E-state index >= 15 is 0 Å². The minimum atomic E-state index is -4.07. The third-order valence-corrected chi connectivity index (χ3v) is 8.15. The number of amides is 1. The van der Waals surface area contributed by atoms with Crippen molar-refractivity contribution in [1.82, 2.24) is 23.0 Å². The van der Waals surface area contributed by atoms with E-state index in [0.29, 0.717) is 30.1 Å². The van der Waals surface area contributed by atoms with Crippen molar-refractivity contribution in [3.05, 3.63) is 78.4 Å². The molecule has 5 aromatic rings. The number of hydrogen-bond acceptors (Lipinski definition) is 7. The Morgan fingerprint density at radius 1 is 0.943 bits per heavy atom. The zero-order chi connectivity index (χ0) is 24.0. The number of benzene rings is 3. The number of aromatic nitrogens is 4. The van der Waals surface area contributed by atoms with E-state index in [0.717, 1.165) is 28.3 Å². The fourth-order valence-corrected chi connectivity index (χ4v) is 6.42. The Balaban J connectivity index is 1.37. The molecule has 0 aliphatic carbocycles. The van der Waals surface area contributed by atoms with Gasteiger partial charge in [-0.25, -0.2) is 13.4 Å². The number of para-hydroxylation sites is 2. The van der Waals surface area contributed by atoms with Crippen LogP contribution in [0.1, 0.15) is 5.56 Å². The Bertz CT molecular complexity index is 1660. The number of rotatable bonds is 6. The summed E-state index contributed by atoms with van der Waals surface area (Å²) in [5.74, 6) is 0.175. The molecule has 0 bridgehead atoms. The predicted molar refractivity (Wildman–Crippen MR) is 134 cm³/mol. The Hall–Kier alpha value is -3.67. The van der Waals surface area contributed by atoms with Crippen molar-refractivity contribution in [2.45, 2.75) is 23.9 Å². The smallest absolute Gasteiger partial charge is 0.247 e. The lowest BCUT2D eigenvalue weighted by atomic mass is 10.1. The fraction of sp³-hybridized carbons (Fsp3) is 0.167. The molecule has 0 radical (unpaired) electrons. The minimum absolute atomic E-state index is 0.00303. The molecule has 35 heavy (non-hydrogen) atoms. The molecule has 0 saturated carbocycles. The van der Waals surface area contributed by atoms with Crippen molar-refractivity contribution < 1.29 is 13.2 Å². The van der Waals surface area contributed by atoms with Crippen LogP contribution >= 0.6 is 11.7 Å². The van der Waals surface area contributed by atoms with E-state index in [9.17, 15) is 13.2 Å². The second-order valence-electron chi connectivity index (χ2n) is 8.29. The Kier molecular flexibility index (Phi) is 5.32. The summed E-state index contributed by atoms with van der Waals surface area (Å²) in [5, 5.41) is 0. The number of anilines is 1. The zero-order valence-electron chi connectivity index (χ0n) is 18.4. The molecule has 1 atom stereocenters. The first-order valence-corrected chi connectivity index (χ1v) is 13.3. The number of nitrogens with zero attached hydrogens (tertiary/aromatic N) is 5. The van der Waals surface area contributed by atoms with E-state index in [1.165, 1.54) is 6.07 Å². The maximum absolute atomic E-state index is 13.8. The summed E-state index contributed by atoms with van der Waals surface area (Å²) in [6.45, 7) is 1.01. The zero-order valence-corrected chi connectivity index (χ0v) is 20.0. The van der Waals surface area contributed by atoms with Crippen LogP contribution in [-0.4, -0.2) is 45.2 Å². The molecular formula is C24H20N6O3S2. The highest BCUT2D eigenvalue weighted by Crippen LogP contribution is 2.28.